The van der Waals surface area contributed by atoms with Gasteiger partial charge in [0.25, 0.3) is 0 Å². The van der Waals surface area contributed by atoms with Crippen LogP contribution in [0.25, 0.3) is 11.3 Å². The van der Waals surface area contributed by atoms with Crippen molar-refractivity contribution in [1.29, 1.82) is 0 Å². The predicted molar refractivity (Wildman–Crippen MR) is 75.7 cm³/mol. The van der Waals surface area contributed by atoms with E-state index in [-0.39, 0.29) is 12.5 Å². The summed E-state index contributed by atoms with van der Waals surface area (Å²) in [5.41, 5.74) is 1.74. The number of benzene rings is 1. The topological polar surface area (TPSA) is 64.1 Å². The molecule has 0 aliphatic carbocycles. The van der Waals surface area contributed by atoms with E-state index in [1.165, 1.54) is 7.11 Å². The fourth-order valence-electron chi connectivity index (χ4n) is 1.46. The minimum Gasteiger partial charge on any atom is -0.468 e. The van der Waals surface area contributed by atoms with Crippen LogP contribution in [0.1, 0.15) is 0 Å². The van der Waals surface area contributed by atoms with E-state index in [2.05, 4.69) is 36.2 Å². The van der Waals surface area contributed by atoms with E-state index >= 15 is 0 Å². The van der Waals surface area contributed by atoms with Crippen molar-refractivity contribution in [2.24, 2.45) is 0 Å². The Morgan fingerprint density at radius 3 is 2.79 bits per heavy atom. The smallest absolute Gasteiger partial charge is 0.325 e. The molecule has 0 atom stereocenters. The van der Waals surface area contributed by atoms with Gasteiger partial charge >= 0.3 is 5.97 Å². The highest BCUT2D eigenvalue weighted by atomic mass is 79.9. The number of hydrogen-bond donors (Lipinski definition) is 1. The second kappa shape index (κ2) is 6.29. The summed E-state index contributed by atoms with van der Waals surface area (Å²) in [6, 6.07) is 11.4. The number of nitrogens with one attached hydrogen (secondary N) is 1. The monoisotopic (exact) mass is 321 g/mol. The molecule has 2 rings (SSSR count). The lowest BCUT2D eigenvalue weighted by atomic mass is 10.1. The molecule has 0 amide bonds. The first-order valence-corrected chi connectivity index (χ1v) is 6.38. The first kappa shape index (κ1) is 13.5. The highest BCUT2D eigenvalue weighted by molar-refractivity contribution is 9.10. The minimum atomic E-state index is -0.349. The van der Waals surface area contributed by atoms with Gasteiger partial charge in [0.1, 0.15) is 12.4 Å². The number of carbonyl (C=O) groups is 1. The van der Waals surface area contributed by atoms with Crippen LogP contribution < -0.4 is 5.32 Å². The highest BCUT2D eigenvalue weighted by Crippen LogP contribution is 2.21. The molecule has 1 heterocycles. The minimum absolute atomic E-state index is 0.0708. The number of methoxy groups -OCH3 is 1. The number of aromatic nitrogens is 2. The molecule has 1 aromatic carbocycles. The predicted octanol–water partition coefficient (Wildman–Crippen LogP) is 2.49. The average Bonchev–Trinajstić information content (AvgIpc) is 2.45. The molecule has 1 N–H and O–H groups in total. The summed E-state index contributed by atoms with van der Waals surface area (Å²) in [5.74, 6) is 0.182. The molecule has 0 spiro atoms. The van der Waals surface area contributed by atoms with Crippen molar-refractivity contribution < 1.29 is 9.53 Å². The van der Waals surface area contributed by atoms with E-state index in [1.807, 2.05) is 30.3 Å². The Kier molecular flexibility index (Phi) is 4.46. The summed E-state index contributed by atoms with van der Waals surface area (Å²) in [6.45, 7) is 0.0708. The summed E-state index contributed by atoms with van der Waals surface area (Å²) in [5, 5.41) is 10.9. The summed E-state index contributed by atoms with van der Waals surface area (Å²) in [4.78, 5) is 11.0. The van der Waals surface area contributed by atoms with Gasteiger partial charge in [0.2, 0.25) is 0 Å². The molecule has 1 aromatic heterocycles. The molecular formula is C13H12BrN3O2. The molecule has 0 unspecified atom stereocenters. The summed E-state index contributed by atoms with van der Waals surface area (Å²) < 4.78 is 5.51. The second-order valence-electron chi connectivity index (χ2n) is 3.74. The third-order valence-electron chi connectivity index (χ3n) is 2.43. The molecule has 19 heavy (non-hydrogen) atoms. The van der Waals surface area contributed by atoms with Crippen molar-refractivity contribution in [2.75, 3.05) is 19.0 Å². The number of hydrogen-bond acceptors (Lipinski definition) is 5. The first-order chi connectivity index (χ1) is 9.19. The number of esters is 1. The molecule has 2 aromatic rings. The Morgan fingerprint density at radius 1 is 1.32 bits per heavy atom. The van der Waals surface area contributed by atoms with E-state index in [0.29, 0.717) is 5.82 Å². The van der Waals surface area contributed by atoms with Gasteiger partial charge in [-0.2, -0.15) is 0 Å². The molecule has 0 saturated heterocycles. The fraction of sp³-hybridized carbons (Fsp3) is 0.154. The first-order valence-electron chi connectivity index (χ1n) is 5.59. The van der Waals surface area contributed by atoms with Gasteiger partial charge in [-0.25, -0.2) is 0 Å². The quantitative estimate of drug-likeness (QED) is 0.876. The van der Waals surface area contributed by atoms with Crippen LogP contribution in [0.3, 0.4) is 0 Å². The Balaban J connectivity index is 2.08. The van der Waals surface area contributed by atoms with Crippen LogP contribution in [0.5, 0.6) is 0 Å². The van der Waals surface area contributed by atoms with E-state index in [1.54, 1.807) is 6.07 Å². The van der Waals surface area contributed by atoms with Crippen LogP contribution in [0.15, 0.2) is 40.9 Å². The SMILES string of the molecule is COC(=O)CNc1ccc(-c2cccc(Br)c2)nn1. The van der Waals surface area contributed by atoms with E-state index in [4.69, 9.17) is 0 Å². The summed E-state index contributed by atoms with van der Waals surface area (Å²) in [7, 11) is 1.34. The Hall–Kier alpha value is -1.95. The maximum atomic E-state index is 11.0. The average molecular weight is 322 g/mol. The maximum absolute atomic E-state index is 11.0. The largest absolute Gasteiger partial charge is 0.468 e. The molecular weight excluding hydrogens is 310 g/mol. The molecule has 6 heteroatoms. The lowest BCUT2D eigenvalue weighted by molar-refractivity contribution is -0.138. The zero-order valence-corrected chi connectivity index (χ0v) is 11.8. The normalized spacial score (nSPS) is 10.0. The van der Waals surface area contributed by atoms with E-state index in [0.717, 1.165) is 15.7 Å². The van der Waals surface area contributed by atoms with Crippen molar-refractivity contribution in [3.05, 3.63) is 40.9 Å². The number of ether oxygens (including phenoxy) is 1. The molecule has 0 fully saturated rings. The van der Waals surface area contributed by atoms with Crippen molar-refractivity contribution in [2.45, 2.75) is 0 Å². The highest BCUT2D eigenvalue weighted by Gasteiger charge is 2.03. The number of nitrogens with zero attached hydrogens (tertiary/aromatic N) is 2. The zero-order valence-electron chi connectivity index (χ0n) is 10.3. The van der Waals surface area contributed by atoms with Gasteiger partial charge in [-0.05, 0) is 24.3 Å². The van der Waals surface area contributed by atoms with E-state index < -0.39 is 0 Å². The Bertz CT molecular complexity index is 572. The lowest BCUT2D eigenvalue weighted by Gasteiger charge is -2.04. The van der Waals surface area contributed by atoms with Crippen LogP contribution >= 0.6 is 15.9 Å². The zero-order chi connectivity index (χ0) is 13.7. The van der Waals surface area contributed by atoms with E-state index in [9.17, 15) is 4.79 Å². The molecule has 5 nitrogen and oxygen atoms in total. The van der Waals surface area contributed by atoms with Crippen molar-refractivity contribution in [3.63, 3.8) is 0 Å². The molecule has 0 aliphatic heterocycles. The van der Waals surface area contributed by atoms with Gasteiger partial charge in [-0.15, -0.1) is 10.2 Å². The Morgan fingerprint density at radius 2 is 2.16 bits per heavy atom. The summed E-state index contributed by atoms with van der Waals surface area (Å²) >= 11 is 3.41. The fourth-order valence-corrected chi connectivity index (χ4v) is 1.86. The van der Waals surface area contributed by atoms with Crippen molar-refractivity contribution in [1.82, 2.24) is 10.2 Å². The number of anilines is 1. The number of halogens is 1. The molecule has 0 radical (unpaired) electrons. The molecule has 0 bridgehead atoms. The maximum Gasteiger partial charge on any atom is 0.325 e. The molecule has 98 valence electrons. The van der Waals surface area contributed by atoms with Gasteiger partial charge in [0, 0.05) is 10.0 Å². The van der Waals surface area contributed by atoms with Crippen LogP contribution in [-0.2, 0) is 9.53 Å². The van der Waals surface area contributed by atoms with Crippen LogP contribution in [-0.4, -0.2) is 29.8 Å². The van der Waals surface area contributed by atoms with Crippen molar-refractivity contribution in [3.8, 4) is 11.3 Å². The van der Waals surface area contributed by atoms with Gasteiger partial charge < -0.3 is 10.1 Å². The molecule has 0 saturated carbocycles. The van der Waals surface area contributed by atoms with Gasteiger partial charge in [-0.1, -0.05) is 28.1 Å². The van der Waals surface area contributed by atoms with Crippen LogP contribution in [0.4, 0.5) is 5.82 Å². The van der Waals surface area contributed by atoms with Gasteiger partial charge in [0.15, 0.2) is 0 Å². The second-order valence-corrected chi connectivity index (χ2v) is 4.66. The van der Waals surface area contributed by atoms with Crippen molar-refractivity contribution >= 4 is 27.7 Å². The lowest BCUT2D eigenvalue weighted by Crippen LogP contribution is -2.15. The van der Waals surface area contributed by atoms with Gasteiger partial charge in [-0.3, -0.25) is 4.79 Å². The number of rotatable bonds is 4. The summed E-state index contributed by atoms with van der Waals surface area (Å²) in [6.07, 6.45) is 0. The standard InChI is InChI=1S/C13H12BrN3O2/c1-19-13(18)8-15-12-6-5-11(16-17-12)9-3-2-4-10(14)7-9/h2-7H,8H2,1H3,(H,15,17). The third kappa shape index (κ3) is 3.75. The Labute approximate surface area is 119 Å². The van der Waals surface area contributed by atoms with Crippen LogP contribution in [0.2, 0.25) is 0 Å². The number of carbonyl (C=O) groups excluding carboxylic acids is 1. The molecule has 0 aliphatic rings. The van der Waals surface area contributed by atoms with Gasteiger partial charge in [0.05, 0.1) is 12.8 Å². The third-order valence-corrected chi connectivity index (χ3v) is 2.92. The van der Waals surface area contributed by atoms with Crippen LogP contribution in [0, 0.1) is 0 Å².